The van der Waals surface area contributed by atoms with Crippen molar-refractivity contribution in [2.45, 2.75) is 32.3 Å². The number of benzene rings is 1. The second-order valence-corrected chi connectivity index (χ2v) is 4.03. The molecular weight excluding hydrogens is 232 g/mol. The zero-order chi connectivity index (χ0) is 13.2. The molecule has 0 spiro atoms. The fourth-order valence-electron chi connectivity index (χ4n) is 1.52. The van der Waals surface area contributed by atoms with Crippen LogP contribution in [0, 0.1) is 0 Å². The van der Waals surface area contributed by atoms with Crippen LogP contribution in [-0.2, 0) is 11.4 Å². The molecule has 0 aliphatic carbocycles. The molecule has 0 saturated heterocycles. The van der Waals surface area contributed by atoms with Gasteiger partial charge in [0.1, 0.15) is 5.75 Å². The second kappa shape index (κ2) is 8.49. The Morgan fingerprint density at radius 1 is 1.22 bits per heavy atom. The summed E-state index contributed by atoms with van der Waals surface area (Å²) in [5, 5.41) is 8.88. The number of carbonyl (C=O) groups excluding carboxylic acids is 1. The van der Waals surface area contributed by atoms with Gasteiger partial charge in [0.05, 0.1) is 13.2 Å². The van der Waals surface area contributed by atoms with E-state index in [9.17, 15) is 4.79 Å². The maximum Gasteiger partial charge on any atom is 0.233 e. The van der Waals surface area contributed by atoms with Gasteiger partial charge in [0.15, 0.2) is 0 Å². The maximum absolute atomic E-state index is 10.8. The summed E-state index contributed by atoms with van der Waals surface area (Å²) in [6, 6.07) is 7.35. The number of amides is 1. The van der Waals surface area contributed by atoms with Crippen LogP contribution in [0.1, 0.15) is 31.2 Å². The minimum absolute atomic E-state index is 0.0451. The van der Waals surface area contributed by atoms with Crippen LogP contribution < -0.4 is 16.0 Å². The Hall–Kier alpha value is -1.59. The van der Waals surface area contributed by atoms with Crippen molar-refractivity contribution in [1.82, 2.24) is 5.43 Å². The van der Waals surface area contributed by atoms with Gasteiger partial charge in [0, 0.05) is 6.42 Å². The second-order valence-electron chi connectivity index (χ2n) is 4.03. The highest BCUT2D eigenvalue weighted by Crippen LogP contribution is 2.12. The molecule has 0 unspecified atom stereocenters. The van der Waals surface area contributed by atoms with Gasteiger partial charge in [-0.05, 0) is 37.0 Å². The van der Waals surface area contributed by atoms with Gasteiger partial charge in [-0.2, -0.15) is 0 Å². The summed E-state index contributed by atoms with van der Waals surface area (Å²) in [5.41, 5.74) is 2.97. The molecule has 0 saturated carbocycles. The third-order valence-corrected chi connectivity index (χ3v) is 2.58. The van der Waals surface area contributed by atoms with E-state index in [1.165, 1.54) is 0 Å². The van der Waals surface area contributed by atoms with E-state index < -0.39 is 0 Å². The topological polar surface area (TPSA) is 84.6 Å². The Morgan fingerprint density at radius 2 is 1.94 bits per heavy atom. The molecule has 0 fully saturated rings. The van der Waals surface area contributed by atoms with E-state index in [2.05, 4.69) is 5.43 Å². The van der Waals surface area contributed by atoms with Crippen molar-refractivity contribution in [3.05, 3.63) is 29.8 Å². The molecule has 1 rings (SSSR count). The first-order valence-electron chi connectivity index (χ1n) is 6.08. The first-order chi connectivity index (χ1) is 8.76. The van der Waals surface area contributed by atoms with Crippen LogP contribution in [-0.4, -0.2) is 17.6 Å². The highest BCUT2D eigenvalue weighted by molar-refractivity contribution is 5.74. The van der Waals surface area contributed by atoms with E-state index in [0.717, 1.165) is 30.6 Å². The quantitative estimate of drug-likeness (QED) is 0.280. The number of hydrazine groups is 1. The van der Waals surface area contributed by atoms with Gasteiger partial charge in [-0.25, -0.2) is 5.84 Å². The molecule has 4 N–H and O–H groups in total. The Morgan fingerprint density at radius 3 is 2.56 bits per heavy atom. The van der Waals surface area contributed by atoms with Crippen LogP contribution in [0.4, 0.5) is 0 Å². The number of carbonyl (C=O) groups is 1. The van der Waals surface area contributed by atoms with Crippen molar-refractivity contribution in [3.63, 3.8) is 0 Å². The van der Waals surface area contributed by atoms with Gasteiger partial charge >= 0.3 is 0 Å². The summed E-state index contributed by atoms with van der Waals surface area (Å²) in [6.07, 6.45) is 3.11. The molecule has 1 aromatic carbocycles. The summed E-state index contributed by atoms with van der Waals surface area (Å²) >= 11 is 0. The average Bonchev–Trinajstić information content (AvgIpc) is 2.43. The van der Waals surface area contributed by atoms with Gasteiger partial charge in [-0.15, -0.1) is 0 Å². The van der Waals surface area contributed by atoms with Crippen LogP contribution in [0.2, 0.25) is 0 Å². The summed E-state index contributed by atoms with van der Waals surface area (Å²) in [6.45, 7) is 0.673. The minimum atomic E-state index is -0.129. The van der Waals surface area contributed by atoms with E-state index in [-0.39, 0.29) is 12.5 Å². The number of hydrogen-bond acceptors (Lipinski definition) is 4. The number of aliphatic hydroxyl groups is 1. The molecule has 18 heavy (non-hydrogen) atoms. The van der Waals surface area contributed by atoms with E-state index >= 15 is 0 Å². The van der Waals surface area contributed by atoms with E-state index in [1.807, 2.05) is 24.3 Å². The molecule has 0 aliphatic rings. The predicted octanol–water partition coefficient (Wildman–Crippen LogP) is 1.11. The van der Waals surface area contributed by atoms with Crippen LogP contribution in [0.15, 0.2) is 24.3 Å². The number of unbranched alkanes of at least 4 members (excludes halogenated alkanes) is 2. The minimum Gasteiger partial charge on any atom is -0.494 e. The molecule has 0 aromatic heterocycles. The van der Waals surface area contributed by atoms with Crippen molar-refractivity contribution in [2.75, 3.05) is 6.61 Å². The Bertz CT molecular complexity index is 352. The maximum atomic E-state index is 10.8. The van der Waals surface area contributed by atoms with Gasteiger partial charge in [-0.3, -0.25) is 10.2 Å². The van der Waals surface area contributed by atoms with Gasteiger partial charge in [0.2, 0.25) is 5.91 Å². The molecule has 5 heteroatoms. The standard InChI is InChI=1S/C13H20N2O3/c14-15-13(17)4-2-1-3-9-18-12-7-5-11(10-16)6-8-12/h5-8,16H,1-4,9-10,14H2,(H,15,17). The predicted molar refractivity (Wildman–Crippen MR) is 68.7 cm³/mol. The number of hydrogen-bond donors (Lipinski definition) is 3. The molecule has 1 amide bonds. The Kier molecular flexibility index (Phi) is 6.83. The molecule has 0 heterocycles. The van der Waals surface area contributed by atoms with Crippen molar-refractivity contribution in [3.8, 4) is 5.75 Å². The molecule has 0 aliphatic heterocycles. The van der Waals surface area contributed by atoms with Crippen LogP contribution in [0.25, 0.3) is 0 Å². The lowest BCUT2D eigenvalue weighted by molar-refractivity contribution is -0.121. The Labute approximate surface area is 107 Å². The molecule has 1 aromatic rings. The number of nitrogens with two attached hydrogens (primary N) is 1. The van der Waals surface area contributed by atoms with E-state index in [0.29, 0.717) is 13.0 Å². The lowest BCUT2D eigenvalue weighted by atomic mass is 10.2. The van der Waals surface area contributed by atoms with Crippen molar-refractivity contribution >= 4 is 5.91 Å². The van der Waals surface area contributed by atoms with Crippen LogP contribution in [0.5, 0.6) is 5.75 Å². The number of ether oxygens (including phenoxy) is 1. The third kappa shape index (κ3) is 5.65. The molecule has 0 atom stereocenters. The number of aliphatic hydroxyl groups excluding tert-OH is 1. The van der Waals surface area contributed by atoms with E-state index in [4.69, 9.17) is 15.7 Å². The zero-order valence-corrected chi connectivity index (χ0v) is 10.4. The van der Waals surface area contributed by atoms with Crippen molar-refractivity contribution in [2.24, 2.45) is 5.84 Å². The molecule has 0 radical (unpaired) electrons. The SMILES string of the molecule is NNC(=O)CCCCCOc1ccc(CO)cc1. The highest BCUT2D eigenvalue weighted by Gasteiger charge is 1.98. The third-order valence-electron chi connectivity index (χ3n) is 2.58. The lowest BCUT2D eigenvalue weighted by Gasteiger charge is -2.06. The first-order valence-corrected chi connectivity index (χ1v) is 6.08. The summed E-state index contributed by atoms with van der Waals surface area (Å²) in [5.74, 6) is 5.64. The zero-order valence-electron chi connectivity index (χ0n) is 10.4. The van der Waals surface area contributed by atoms with Gasteiger partial charge in [0.25, 0.3) is 0 Å². The van der Waals surface area contributed by atoms with Gasteiger partial charge in [-0.1, -0.05) is 12.1 Å². The summed E-state index contributed by atoms with van der Waals surface area (Å²) in [7, 11) is 0. The fraction of sp³-hybridized carbons (Fsp3) is 0.462. The largest absolute Gasteiger partial charge is 0.494 e. The summed E-state index contributed by atoms with van der Waals surface area (Å²) in [4.78, 5) is 10.8. The smallest absolute Gasteiger partial charge is 0.233 e. The lowest BCUT2D eigenvalue weighted by Crippen LogP contribution is -2.29. The normalized spacial score (nSPS) is 10.1. The fourth-order valence-corrected chi connectivity index (χ4v) is 1.52. The van der Waals surface area contributed by atoms with Crippen molar-refractivity contribution in [1.29, 1.82) is 0 Å². The molecule has 5 nitrogen and oxygen atoms in total. The first kappa shape index (κ1) is 14.5. The van der Waals surface area contributed by atoms with Crippen molar-refractivity contribution < 1.29 is 14.6 Å². The average molecular weight is 252 g/mol. The Balaban J connectivity index is 2.08. The number of nitrogens with one attached hydrogen (secondary N) is 1. The monoisotopic (exact) mass is 252 g/mol. The van der Waals surface area contributed by atoms with E-state index in [1.54, 1.807) is 0 Å². The molecule has 100 valence electrons. The highest BCUT2D eigenvalue weighted by atomic mass is 16.5. The van der Waals surface area contributed by atoms with Crippen LogP contribution in [0.3, 0.4) is 0 Å². The molecular formula is C13H20N2O3. The van der Waals surface area contributed by atoms with Crippen LogP contribution >= 0.6 is 0 Å². The molecule has 0 bridgehead atoms. The van der Waals surface area contributed by atoms with Gasteiger partial charge < -0.3 is 9.84 Å². The number of rotatable bonds is 8. The summed E-state index contributed by atoms with van der Waals surface area (Å²) < 4.78 is 5.53.